The lowest BCUT2D eigenvalue weighted by Gasteiger charge is -2.14. The zero-order valence-electron chi connectivity index (χ0n) is 15.2. The fourth-order valence-corrected chi connectivity index (χ4v) is 3.42. The van der Waals surface area contributed by atoms with Crippen molar-refractivity contribution in [1.29, 1.82) is 0 Å². The van der Waals surface area contributed by atoms with Gasteiger partial charge in [-0.3, -0.25) is 14.1 Å². The molecule has 2 aromatic heterocycles. The number of furan rings is 1. The molecule has 1 N–H and O–H groups in total. The van der Waals surface area contributed by atoms with Gasteiger partial charge in [-0.1, -0.05) is 12.1 Å². The summed E-state index contributed by atoms with van der Waals surface area (Å²) in [6.45, 7) is 0. The van der Waals surface area contributed by atoms with Gasteiger partial charge in [-0.05, 0) is 24.3 Å². The zero-order chi connectivity index (χ0) is 20.1. The molecular weight excluding hydrogens is 388 g/mol. The average Bonchev–Trinajstić information content (AvgIpc) is 3.35. The Kier molecular flexibility index (Phi) is 5.64. The maximum atomic E-state index is 12.4. The first kappa shape index (κ1) is 19.4. The molecule has 0 spiro atoms. The molecule has 0 bridgehead atoms. The van der Waals surface area contributed by atoms with Gasteiger partial charge in [0.25, 0.3) is 0 Å². The molecule has 1 aromatic carbocycles. The van der Waals surface area contributed by atoms with E-state index in [2.05, 4.69) is 19.7 Å². The molecule has 0 unspecified atom stereocenters. The first-order chi connectivity index (χ1) is 13.4. The van der Waals surface area contributed by atoms with Crippen LogP contribution in [0.5, 0.6) is 5.75 Å². The molecule has 0 radical (unpaired) electrons. The number of carbonyl (C=O) groups is 1. The lowest BCUT2D eigenvalue weighted by atomic mass is 10.3. The van der Waals surface area contributed by atoms with Crippen molar-refractivity contribution in [2.24, 2.45) is 0 Å². The van der Waals surface area contributed by atoms with Crippen molar-refractivity contribution in [3.63, 3.8) is 0 Å². The summed E-state index contributed by atoms with van der Waals surface area (Å²) in [6.07, 6.45) is 1.18. The van der Waals surface area contributed by atoms with E-state index >= 15 is 0 Å². The van der Waals surface area contributed by atoms with Gasteiger partial charge in [0.2, 0.25) is 21.8 Å². The number of hydrogen-bond donors (Lipinski definition) is 1. The molecule has 0 fully saturated rings. The van der Waals surface area contributed by atoms with Crippen LogP contribution < -0.4 is 9.46 Å². The second-order valence-corrected chi connectivity index (χ2v) is 7.42. The summed E-state index contributed by atoms with van der Waals surface area (Å²) in [4.78, 5) is 11.3. The van der Waals surface area contributed by atoms with E-state index in [4.69, 9.17) is 9.15 Å². The molecule has 0 atom stereocenters. The van der Waals surface area contributed by atoms with E-state index in [-0.39, 0.29) is 18.2 Å². The van der Waals surface area contributed by atoms with Crippen LogP contribution in [0, 0.1) is 0 Å². The number of ether oxygens (including phenoxy) is 2. The third-order valence-electron chi connectivity index (χ3n) is 3.78. The Hall–Kier alpha value is -3.34. The molecule has 0 aliphatic carbocycles. The number of nitrogens with one attached hydrogen (secondary N) is 1. The Morgan fingerprint density at radius 1 is 1.18 bits per heavy atom. The molecular formula is C17H18N4O6S. The van der Waals surface area contributed by atoms with Crippen LogP contribution in [0.1, 0.15) is 6.42 Å². The van der Waals surface area contributed by atoms with E-state index in [0.717, 1.165) is 0 Å². The van der Waals surface area contributed by atoms with Crippen LogP contribution in [-0.4, -0.2) is 49.1 Å². The lowest BCUT2D eigenvalue weighted by Crippen LogP contribution is -2.21. The minimum Gasteiger partial charge on any atom is -0.495 e. The highest BCUT2D eigenvalue weighted by Crippen LogP contribution is 2.31. The first-order valence-electron chi connectivity index (χ1n) is 8.15. The van der Waals surface area contributed by atoms with Crippen LogP contribution in [0.3, 0.4) is 0 Å². The van der Waals surface area contributed by atoms with Gasteiger partial charge >= 0.3 is 5.97 Å². The lowest BCUT2D eigenvalue weighted by molar-refractivity contribution is -0.140. The maximum absolute atomic E-state index is 12.4. The van der Waals surface area contributed by atoms with Crippen LogP contribution in [-0.2, 0) is 19.6 Å². The highest BCUT2D eigenvalue weighted by molar-refractivity contribution is 7.92. The predicted octanol–water partition coefficient (Wildman–Crippen LogP) is 1.84. The quantitative estimate of drug-likeness (QED) is 0.562. The number of para-hydroxylation sites is 2. The summed E-state index contributed by atoms with van der Waals surface area (Å²) < 4.78 is 43.9. The minimum absolute atomic E-state index is 0.0687. The molecule has 0 aliphatic heterocycles. The van der Waals surface area contributed by atoms with Crippen LogP contribution in [0.4, 0.5) is 5.95 Å². The SMILES string of the molecule is COC(=O)CCS(=O)(=O)Nc1nnc(-c2ccco2)n1-c1ccccc1OC. The van der Waals surface area contributed by atoms with E-state index in [9.17, 15) is 13.2 Å². The van der Waals surface area contributed by atoms with Gasteiger partial charge in [0.15, 0.2) is 5.76 Å². The predicted molar refractivity (Wildman–Crippen MR) is 99.7 cm³/mol. The molecule has 0 aliphatic rings. The standard InChI is InChI=1S/C17H18N4O6S/c1-25-13-7-4-3-6-12(13)21-16(14-8-5-10-27-14)18-19-17(21)20-28(23,24)11-9-15(22)26-2/h3-8,10H,9,11H2,1-2H3,(H,19,20). The summed E-state index contributed by atoms with van der Waals surface area (Å²) >= 11 is 0. The number of methoxy groups -OCH3 is 2. The third-order valence-corrected chi connectivity index (χ3v) is 5.02. The largest absolute Gasteiger partial charge is 0.495 e. The Morgan fingerprint density at radius 3 is 2.64 bits per heavy atom. The van der Waals surface area contributed by atoms with Gasteiger partial charge in [-0.15, -0.1) is 10.2 Å². The number of benzene rings is 1. The Morgan fingerprint density at radius 2 is 1.96 bits per heavy atom. The van der Waals surface area contributed by atoms with Crippen molar-refractivity contribution in [3.8, 4) is 23.0 Å². The smallest absolute Gasteiger partial charge is 0.306 e. The number of rotatable bonds is 8. The van der Waals surface area contributed by atoms with Crippen molar-refractivity contribution in [2.45, 2.75) is 6.42 Å². The van der Waals surface area contributed by atoms with E-state index < -0.39 is 21.7 Å². The molecule has 28 heavy (non-hydrogen) atoms. The monoisotopic (exact) mass is 406 g/mol. The van der Waals surface area contributed by atoms with Crippen LogP contribution in [0.25, 0.3) is 17.3 Å². The molecule has 148 valence electrons. The zero-order valence-corrected chi connectivity index (χ0v) is 16.0. The molecule has 0 saturated heterocycles. The van der Waals surface area contributed by atoms with Gasteiger partial charge in [0.05, 0.1) is 38.3 Å². The van der Waals surface area contributed by atoms with E-state index in [1.54, 1.807) is 36.4 Å². The molecule has 3 rings (SSSR count). The van der Waals surface area contributed by atoms with Crippen molar-refractivity contribution in [1.82, 2.24) is 14.8 Å². The third kappa shape index (κ3) is 4.14. The number of anilines is 1. The number of nitrogens with zero attached hydrogens (tertiary/aromatic N) is 3. The number of hydrogen-bond acceptors (Lipinski definition) is 8. The highest BCUT2D eigenvalue weighted by atomic mass is 32.2. The minimum atomic E-state index is -3.89. The van der Waals surface area contributed by atoms with Crippen LogP contribution in [0.2, 0.25) is 0 Å². The topological polar surface area (TPSA) is 126 Å². The molecule has 10 nitrogen and oxygen atoms in total. The Bertz CT molecular complexity index is 1060. The average molecular weight is 406 g/mol. The summed E-state index contributed by atoms with van der Waals surface area (Å²) in [5.41, 5.74) is 0.507. The fraction of sp³-hybridized carbons (Fsp3) is 0.235. The molecule has 11 heteroatoms. The van der Waals surface area contributed by atoms with E-state index in [1.807, 2.05) is 0 Å². The normalized spacial score (nSPS) is 11.2. The first-order valence-corrected chi connectivity index (χ1v) is 9.80. The van der Waals surface area contributed by atoms with Crippen molar-refractivity contribution in [3.05, 3.63) is 42.7 Å². The second kappa shape index (κ2) is 8.13. The van der Waals surface area contributed by atoms with Gasteiger partial charge in [0, 0.05) is 0 Å². The van der Waals surface area contributed by atoms with Gasteiger partial charge in [0.1, 0.15) is 5.75 Å². The van der Waals surface area contributed by atoms with Gasteiger partial charge in [-0.25, -0.2) is 8.42 Å². The molecule has 2 heterocycles. The van der Waals surface area contributed by atoms with Crippen molar-refractivity contribution in [2.75, 3.05) is 24.7 Å². The van der Waals surface area contributed by atoms with Crippen molar-refractivity contribution >= 4 is 21.9 Å². The highest BCUT2D eigenvalue weighted by Gasteiger charge is 2.23. The maximum Gasteiger partial charge on any atom is 0.306 e. The van der Waals surface area contributed by atoms with Crippen LogP contribution >= 0.6 is 0 Å². The number of sulfonamides is 1. The van der Waals surface area contributed by atoms with Crippen molar-refractivity contribution < 1.29 is 27.1 Å². The summed E-state index contributed by atoms with van der Waals surface area (Å²) in [7, 11) is -1.20. The fourth-order valence-electron chi connectivity index (χ4n) is 2.47. The van der Waals surface area contributed by atoms with Gasteiger partial charge in [-0.2, -0.15) is 0 Å². The molecule has 0 amide bonds. The van der Waals surface area contributed by atoms with E-state index in [0.29, 0.717) is 17.2 Å². The molecule has 0 saturated carbocycles. The summed E-state index contributed by atoms with van der Waals surface area (Å²) in [5.74, 6) is -0.0218. The number of aromatic nitrogens is 3. The van der Waals surface area contributed by atoms with Gasteiger partial charge < -0.3 is 13.9 Å². The van der Waals surface area contributed by atoms with Crippen LogP contribution in [0.15, 0.2) is 47.1 Å². The number of carbonyl (C=O) groups excluding carboxylic acids is 1. The summed E-state index contributed by atoms with van der Waals surface area (Å²) in [5, 5.41) is 8.00. The Labute approximate surface area is 161 Å². The second-order valence-electron chi connectivity index (χ2n) is 5.58. The van der Waals surface area contributed by atoms with E-state index in [1.165, 1.54) is 25.0 Å². The number of esters is 1. The molecule has 3 aromatic rings. The Balaban J connectivity index is 2.04. The summed E-state index contributed by atoms with van der Waals surface area (Å²) in [6, 6.07) is 10.3.